The minimum absolute atomic E-state index is 0.00187. The van der Waals surface area contributed by atoms with E-state index < -0.39 is 34.4 Å². The number of fused-ring (bicyclic) bond motifs is 1. The number of allylic oxidation sites excluding steroid dienone is 5. The van der Waals surface area contributed by atoms with Crippen LogP contribution in [0.2, 0.25) is 0 Å². The Kier molecular flexibility index (Phi) is 8.60. The molecule has 0 aliphatic carbocycles. The molecule has 13 heteroatoms. The van der Waals surface area contributed by atoms with Gasteiger partial charge in [0.1, 0.15) is 11.1 Å². The molecule has 0 saturated heterocycles. The monoisotopic (exact) mass is 576 g/mol. The molecule has 0 saturated carbocycles. The predicted octanol–water partition coefficient (Wildman–Crippen LogP) is 4.72. The third kappa shape index (κ3) is 6.25. The van der Waals surface area contributed by atoms with Gasteiger partial charge in [-0.25, -0.2) is 22.7 Å². The smallest absolute Gasteiger partial charge is 0.335 e. The second-order valence-electron chi connectivity index (χ2n) is 8.94. The van der Waals surface area contributed by atoms with Crippen molar-refractivity contribution in [2.75, 3.05) is 10.6 Å². The molecule has 2 N–H and O–H groups in total. The minimum Gasteiger partial charge on any atom is -0.452 e. The Morgan fingerprint density at radius 3 is 2.45 bits per heavy atom. The van der Waals surface area contributed by atoms with Gasteiger partial charge in [-0.3, -0.25) is 19.0 Å². The number of hydrogen-bond acceptors (Lipinski definition) is 6. The van der Waals surface area contributed by atoms with E-state index >= 15 is 4.39 Å². The lowest BCUT2D eigenvalue weighted by Crippen LogP contribution is -2.42. The summed E-state index contributed by atoms with van der Waals surface area (Å²) < 4.78 is 37.5. The maximum absolute atomic E-state index is 15.1. The van der Waals surface area contributed by atoms with Gasteiger partial charge in [0.15, 0.2) is 17.3 Å². The lowest BCUT2D eigenvalue weighted by molar-refractivity contribution is -0.114. The molecular weight excluding hydrogens is 550 g/mol. The molecule has 4 rings (SSSR count). The van der Waals surface area contributed by atoms with Gasteiger partial charge < -0.3 is 15.4 Å². The standard InChI is InChI=1S/C29H26F2N6O5/c1-5-21(9-7-17(3)30)37-28(40)22(16-35(6-2)29(37)41)27(39)34-19-8-10-25(23(31)13-19)42-26-14-20(33-18(4)38)15-36-24(26)11-12-32-36/h5,7-16H,1,6H2,2-4H3,(H,33,38)(H,34,39)/b17-7+,21-9+. The van der Waals surface area contributed by atoms with Crippen molar-refractivity contribution >= 4 is 34.4 Å². The van der Waals surface area contributed by atoms with E-state index in [0.29, 0.717) is 15.8 Å². The van der Waals surface area contributed by atoms with Crippen molar-refractivity contribution in [1.29, 1.82) is 0 Å². The molecule has 3 aromatic heterocycles. The average Bonchev–Trinajstić information content (AvgIpc) is 3.40. The minimum atomic E-state index is -0.970. The summed E-state index contributed by atoms with van der Waals surface area (Å²) in [7, 11) is 0. The molecule has 0 bridgehead atoms. The molecule has 216 valence electrons. The van der Waals surface area contributed by atoms with Gasteiger partial charge in [-0.15, -0.1) is 0 Å². The number of carbonyl (C=O) groups is 2. The van der Waals surface area contributed by atoms with Crippen molar-refractivity contribution in [3.05, 3.63) is 112 Å². The summed E-state index contributed by atoms with van der Waals surface area (Å²) >= 11 is 0. The van der Waals surface area contributed by atoms with Gasteiger partial charge in [-0.2, -0.15) is 5.10 Å². The lowest BCUT2D eigenvalue weighted by atomic mass is 10.2. The number of halogens is 2. The number of pyridine rings is 1. The predicted molar refractivity (Wildman–Crippen MR) is 154 cm³/mol. The van der Waals surface area contributed by atoms with Crippen LogP contribution in [0.25, 0.3) is 11.2 Å². The highest BCUT2D eigenvalue weighted by atomic mass is 19.1. The van der Waals surface area contributed by atoms with Crippen molar-refractivity contribution in [2.24, 2.45) is 0 Å². The first-order chi connectivity index (χ1) is 20.0. The molecule has 0 aliphatic rings. The summed E-state index contributed by atoms with van der Waals surface area (Å²) in [5.41, 5.74) is -1.29. The summed E-state index contributed by atoms with van der Waals surface area (Å²) in [5.74, 6) is -2.61. The van der Waals surface area contributed by atoms with Crippen molar-refractivity contribution in [1.82, 2.24) is 18.7 Å². The number of nitrogens with zero attached hydrogens (tertiary/aromatic N) is 4. The van der Waals surface area contributed by atoms with Crippen LogP contribution in [0.5, 0.6) is 11.5 Å². The summed E-state index contributed by atoms with van der Waals surface area (Å²) in [5, 5.41) is 9.19. The molecule has 1 aromatic carbocycles. The number of carbonyl (C=O) groups excluding carboxylic acids is 2. The lowest BCUT2D eigenvalue weighted by Gasteiger charge is -2.14. The van der Waals surface area contributed by atoms with Gasteiger partial charge >= 0.3 is 5.69 Å². The molecule has 0 aliphatic heterocycles. The Hall–Kier alpha value is -5.59. The van der Waals surface area contributed by atoms with Crippen LogP contribution >= 0.6 is 0 Å². The maximum atomic E-state index is 15.1. The molecular formula is C29H26F2N6O5. The Morgan fingerprint density at radius 2 is 1.81 bits per heavy atom. The number of nitrogens with one attached hydrogen (secondary N) is 2. The van der Waals surface area contributed by atoms with Gasteiger partial charge in [-0.05, 0) is 50.3 Å². The van der Waals surface area contributed by atoms with Crippen LogP contribution in [0, 0.1) is 5.82 Å². The van der Waals surface area contributed by atoms with E-state index in [2.05, 4.69) is 22.3 Å². The van der Waals surface area contributed by atoms with E-state index in [4.69, 9.17) is 4.74 Å². The van der Waals surface area contributed by atoms with Crippen molar-refractivity contribution in [3.63, 3.8) is 0 Å². The fraction of sp³-hybridized carbons (Fsp3) is 0.138. The van der Waals surface area contributed by atoms with Crippen molar-refractivity contribution in [3.8, 4) is 11.5 Å². The quantitative estimate of drug-likeness (QED) is 0.278. The van der Waals surface area contributed by atoms with E-state index in [0.717, 1.165) is 22.9 Å². The average molecular weight is 577 g/mol. The fourth-order valence-electron chi connectivity index (χ4n) is 3.97. The summed E-state index contributed by atoms with van der Waals surface area (Å²) in [4.78, 5) is 50.7. The van der Waals surface area contributed by atoms with Gasteiger partial charge in [0, 0.05) is 37.5 Å². The maximum Gasteiger partial charge on any atom is 0.335 e. The van der Waals surface area contributed by atoms with E-state index in [-0.39, 0.29) is 35.3 Å². The second-order valence-corrected chi connectivity index (χ2v) is 8.94. The van der Waals surface area contributed by atoms with Crippen LogP contribution < -0.4 is 26.6 Å². The zero-order valence-corrected chi connectivity index (χ0v) is 22.9. The first-order valence-corrected chi connectivity index (χ1v) is 12.6. The molecule has 0 fully saturated rings. The fourth-order valence-corrected chi connectivity index (χ4v) is 3.97. The third-order valence-electron chi connectivity index (χ3n) is 5.89. The van der Waals surface area contributed by atoms with Crippen LogP contribution in [-0.2, 0) is 11.3 Å². The zero-order chi connectivity index (χ0) is 30.6. The van der Waals surface area contributed by atoms with Gasteiger partial charge in [-0.1, -0.05) is 6.58 Å². The molecule has 11 nitrogen and oxygen atoms in total. The zero-order valence-electron chi connectivity index (χ0n) is 22.9. The van der Waals surface area contributed by atoms with E-state index in [9.17, 15) is 23.6 Å². The van der Waals surface area contributed by atoms with Crippen LogP contribution in [0.15, 0.2) is 89.1 Å². The number of amides is 2. The van der Waals surface area contributed by atoms with E-state index in [1.54, 1.807) is 19.2 Å². The molecule has 0 unspecified atom stereocenters. The number of aromatic nitrogens is 4. The van der Waals surface area contributed by atoms with Crippen LogP contribution in [0.3, 0.4) is 0 Å². The highest BCUT2D eigenvalue weighted by Gasteiger charge is 2.20. The summed E-state index contributed by atoms with van der Waals surface area (Å²) in [6.45, 7) is 7.85. The van der Waals surface area contributed by atoms with Crippen LogP contribution in [-0.4, -0.2) is 30.6 Å². The summed E-state index contributed by atoms with van der Waals surface area (Å²) in [6.07, 6.45) is 7.59. The largest absolute Gasteiger partial charge is 0.452 e. The molecule has 3 heterocycles. The molecule has 42 heavy (non-hydrogen) atoms. The highest BCUT2D eigenvalue weighted by Crippen LogP contribution is 2.31. The second kappa shape index (κ2) is 12.3. The Bertz CT molecular complexity index is 1900. The first kappa shape index (κ1) is 29.4. The topological polar surface area (TPSA) is 129 Å². The number of aryl methyl sites for hydroxylation is 1. The number of anilines is 2. The van der Waals surface area contributed by atoms with Gasteiger partial charge in [0.25, 0.3) is 11.5 Å². The molecule has 0 spiro atoms. The highest BCUT2D eigenvalue weighted by molar-refractivity contribution is 6.04. The Labute approximate surface area is 237 Å². The number of benzene rings is 1. The third-order valence-corrected chi connectivity index (χ3v) is 5.89. The van der Waals surface area contributed by atoms with Crippen LogP contribution in [0.1, 0.15) is 31.1 Å². The first-order valence-electron chi connectivity index (χ1n) is 12.6. The molecule has 4 aromatic rings. The molecule has 2 amide bonds. The van der Waals surface area contributed by atoms with Crippen molar-refractivity contribution < 1.29 is 23.1 Å². The SMILES string of the molecule is C=C/C(=C\C=C(/C)F)n1c(=O)c(C(=O)Nc2ccc(Oc3cc(NC(C)=O)cn4nccc34)c(F)c2)cn(CC)c1=O. The van der Waals surface area contributed by atoms with Crippen LogP contribution in [0.4, 0.5) is 20.2 Å². The van der Waals surface area contributed by atoms with E-state index in [1.807, 2.05) is 0 Å². The van der Waals surface area contributed by atoms with Crippen molar-refractivity contribution in [2.45, 2.75) is 27.3 Å². The summed E-state index contributed by atoms with van der Waals surface area (Å²) in [6, 6.07) is 6.79. The van der Waals surface area contributed by atoms with Gasteiger partial charge in [0.2, 0.25) is 5.91 Å². The molecule has 0 atom stereocenters. The number of rotatable bonds is 9. The number of hydrogen-bond donors (Lipinski definition) is 2. The molecule has 0 radical (unpaired) electrons. The van der Waals surface area contributed by atoms with Gasteiger partial charge in [0.05, 0.1) is 29.6 Å². The normalized spacial score (nSPS) is 11.8. The number of ether oxygens (including phenoxy) is 1. The van der Waals surface area contributed by atoms with E-state index in [1.165, 1.54) is 54.9 Å². The Morgan fingerprint density at radius 1 is 1.05 bits per heavy atom. The Balaban J connectivity index is 1.65.